The molecule has 0 aromatic heterocycles. The highest BCUT2D eigenvalue weighted by molar-refractivity contribution is 7.92. The minimum Gasteiger partial charge on any atom is -0.352 e. The van der Waals surface area contributed by atoms with Crippen molar-refractivity contribution in [1.29, 1.82) is 0 Å². The third kappa shape index (κ3) is 5.62. The van der Waals surface area contributed by atoms with Crippen LogP contribution in [0.5, 0.6) is 0 Å². The highest BCUT2D eigenvalue weighted by atomic mass is 35.5. The lowest BCUT2D eigenvalue weighted by molar-refractivity contribution is 0.0954. The predicted octanol–water partition coefficient (Wildman–Crippen LogP) is 4.73. The normalized spacial score (nSPS) is 11.2. The maximum Gasteiger partial charge on any atom is 0.261 e. The molecule has 0 spiro atoms. The smallest absolute Gasteiger partial charge is 0.261 e. The number of hydrogen-bond donors (Lipinski definition) is 2. The number of rotatable bonds is 7. The largest absolute Gasteiger partial charge is 0.352 e. The Morgan fingerprint density at radius 2 is 1.60 bits per heavy atom. The van der Waals surface area contributed by atoms with Gasteiger partial charge in [0.25, 0.3) is 15.9 Å². The average molecular weight is 443 g/mol. The Kier molecular flexibility index (Phi) is 6.80. The number of aryl methyl sites for hydroxylation is 2. The van der Waals surface area contributed by atoms with E-state index in [1.165, 1.54) is 0 Å². The second-order valence-corrected chi connectivity index (χ2v) is 9.20. The number of anilines is 1. The molecule has 0 aliphatic carbocycles. The summed E-state index contributed by atoms with van der Waals surface area (Å²) in [5.74, 6) is -0.208. The molecule has 0 heterocycles. The van der Waals surface area contributed by atoms with Gasteiger partial charge in [0.1, 0.15) is 0 Å². The quantitative estimate of drug-likeness (QED) is 0.555. The number of carbonyl (C=O) groups is 1. The van der Waals surface area contributed by atoms with Crippen molar-refractivity contribution in [1.82, 2.24) is 5.32 Å². The number of amides is 1. The summed E-state index contributed by atoms with van der Waals surface area (Å²) in [6.07, 6.45) is 0.691. The third-order valence-corrected chi connectivity index (χ3v) is 6.31. The maximum atomic E-state index is 12.6. The maximum absolute atomic E-state index is 12.6. The van der Waals surface area contributed by atoms with Gasteiger partial charge >= 0.3 is 0 Å². The monoisotopic (exact) mass is 442 g/mol. The molecule has 30 heavy (non-hydrogen) atoms. The molecule has 1 amide bonds. The Balaban J connectivity index is 1.63. The molecule has 7 heteroatoms. The van der Waals surface area contributed by atoms with E-state index in [4.69, 9.17) is 11.6 Å². The van der Waals surface area contributed by atoms with Crippen LogP contribution < -0.4 is 10.0 Å². The molecule has 0 aliphatic rings. The van der Waals surface area contributed by atoms with Crippen LogP contribution in [-0.2, 0) is 16.4 Å². The van der Waals surface area contributed by atoms with Crippen molar-refractivity contribution >= 4 is 33.2 Å². The molecular weight excluding hydrogens is 420 g/mol. The zero-order valence-electron chi connectivity index (χ0n) is 16.8. The number of nitrogens with one attached hydrogen (secondary N) is 2. The molecule has 156 valence electrons. The van der Waals surface area contributed by atoms with Crippen LogP contribution in [-0.4, -0.2) is 20.9 Å². The van der Waals surface area contributed by atoms with Gasteiger partial charge in [-0.1, -0.05) is 41.4 Å². The van der Waals surface area contributed by atoms with Crippen LogP contribution in [0.25, 0.3) is 0 Å². The van der Waals surface area contributed by atoms with Crippen molar-refractivity contribution in [2.45, 2.75) is 25.2 Å². The minimum absolute atomic E-state index is 0.191. The van der Waals surface area contributed by atoms with Gasteiger partial charge < -0.3 is 5.32 Å². The summed E-state index contributed by atoms with van der Waals surface area (Å²) < 4.78 is 27.8. The number of halogens is 1. The zero-order chi connectivity index (χ0) is 21.7. The fourth-order valence-electron chi connectivity index (χ4n) is 2.91. The van der Waals surface area contributed by atoms with Gasteiger partial charge in [-0.3, -0.25) is 9.52 Å². The molecule has 3 rings (SSSR count). The molecule has 5 nitrogen and oxygen atoms in total. The molecule has 0 fully saturated rings. The van der Waals surface area contributed by atoms with E-state index in [1.807, 2.05) is 31.2 Å². The Hall–Kier alpha value is -2.83. The lowest BCUT2D eigenvalue weighted by Crippen LogP contribution is -2.25. The van der Waals surface area contributed by atoms with E-state index in [9.17, 15) is 13.2 Å². The molecule has 0 aliphatic heterocycles. The van der Waals surface area contributed by atoms with Crippen molar-refractivity contribution in [3.8, 4) is 0 Å². The standard InChI is InChI=1S/C23H23ClN2O3S/c1-16-3-10-21(11-4-16)30(28,29)26-22-12-7-19(15-17(22)2)23(27)25-14-13-18-5-8-20(24)9-6-18/h3-12,15,26H,13-14H2,1-2H3,(H,25,27). The first kappa shape index (κ1) is 21.9. The van der Waals surface area contributed by atoms with E-state index in [0.29, 0.717) is 34.8 Å². The fourth-order valence-corrected chi connectivity index (χ4v) is 4.17. The first-order valence-corrected chi connectivity index (χ1v) is 11.3. The van der Waals surface area contributed by atoms with Gasteiger partial charge in [-0.15, -0.1) is 0 Å². The number of benzene rings is 3. The highest BCUT2D eigenvalue weighted by Crippen LogP contribution is 2.21. The van der Waals surface area contributed by atoms with E-state index < -0.39 is 10.0 Å². The zero-order valence-corrected chi connectivity index (χ0v) is 18.3. The molecule has 0 atom stereocenters. The third-order valence-electron chi connectivity index (χ3n) is 4.68. The molecule has 2 N–H and O–H groups in total. The van der Waals surface area contributed by atoms with E-state index >= 15 is 0 Å². The number of carbonyl (C=O) groups excluding carboxylic acids is 1. The highest BCUT2D eigenvalue weighted by Gasteiger charge is 2.16. The summed E-state index contributed by atoms with van der Waals surface area (Å²) in [6, 6.07) is 19.0. The van der Waals surface area contributed by atoms with Gasteiger partial charge in [-0.25, -0.2) is 8.42 Å². The molecule has 0 saturated carbocycles. The van der Waals surface area contributed by atoms with Gasteiger partial charge in [0.2, 0.25) is 0 Å². The Morgan fingerprint density at radius 1 is 0.933 bits per heavy atom. The Morgan fingerprint density at radius 3 is 2.23 bits per heavy atom. The van der Waals surface area contributed by atoms with Crippen LogP contribution in [0.1, 0.15) is 27.0 Å². The molecule has 3 aromatic rings. The molecular formula is C23H23ClN2O3S. The molecule has 0 unspecified atom stereocenters. The van der Waals surface area contributed by atoms with Crippen LogP contribution in [0.15, 0.2) is 71.6 Å². The van der Waals surface area contributed by atoms with Gasteiger partial charge in [0, 0.05) is 17.1 Å². The summed E-state index contributed by atoms with van der Waals surface area (Å²) in [6.45, 7) is 4.14. The van der Waals surface area contributed by atoms with Crippen molar-refractivity contribution in [3.05, 3.63) is 94.0 Å². The van der Waals surface area contributed by atoms with Crippen LogP contribution in [0, 0.1) is 13.8 Å². The van der Waals surface area contributed by atoms with Crippen LogP contribution >= 0.6 is 11.6 Å². The summed E-state index contributed by atoms with van der Waals surface area (Å²) in [4.78, 5) is 12.6. The van der Waals surface area contributed by atoms with Gasteiger partial charge in [0.05, 0.1) is 10.6 Å². The van der Waals surface area contributed by atoms with Crippen molar-refractivity contribution in [2.24, 2.45) is 0 Å². The molecule has 3 aromatic carbocycles. The molecule has 0 bridgehead atoms. The summed E-state index contributed by atoms with van der Waals surface area (Å²) in [5.41, 5.74) is 3.64. The first-order valence-electron chi connectivity index (χ1n) is 9.47. The van der Waals surface area contributed by atoms with Crippen molar-refractivity contribution < 1.29 is 13.2 Å². The van der Waals surface area contributed by atoms with Gasteiger partial charge in [0.15, 0.2) is 0 Å². The Labute approximate surface area is 182 Å². The summed E-state index contributed by atoms with van der Waals surface area (Å²) >= 11 is 5.87. The summed E-state index contributed by atoms with van der Waals surface area (Å²) in [7, 11) is -3.69. The van der Waals surface area contributed by atoms with Crippen LogP contribution in [0.4, 0.5) is 5.69 Å². The first-order chi connectivity index (χ1) is 14.2. The SMILES string of the molecule is Cc1ccc(S(=O)(=O)Nc2ccc(C(=O)NCCc3ccc(Cl)cc3)cc2C)cc1. The Bertz CT molecular complexity index is 1140. The fraction of sp³-hybridized carbons (Fsp3) is 0.174. The van der Waals surface area contributed by atoms with Gasteiger partial charge in [-0.05, 0) is 73.9 Å². The lowest BCUT2D eigenvalue weighted by Gasteiger charge is -2.12. The van der Waals surface area contributed by atoms with Crippen LogP contribution in [0.2, 0.25) is 5.02 Å². The summed E-state index contributed by atoms with van der Waals surface area (Å²) in [5, 5.41) is 3.55. The average Bonchev–Trinajstić information content (AvgIpc) is 2.71. The van der Waals surface area contributed by atoms with Crippen molar-refractivity contribution in [3.63, 3.8) is 0 Å². The topological polar surface area (TPSA) is 75.3 Å². The lowest BCUT2D eigenvalue weighted by atomic mass is 10.1. The minimum atomic E-state index is -3.69. The van der Waals surface area contributed by atoms with E-state index in [1.54, 1.807) is 49.4 Å². The molecule has 0 saturated heterocycles. The van der Waals surface area contributed by atoms with Crippen LogP contribution in [0.3, 0.4) is 0 Å². The van der Waals surface area contributed by atoms with E-state index in [0.717, 1.165) is 11.1 Å². The van der Waals surface area contributed by atoms with E-state index in [2.05, 4.69) is 10.0 Å². The second-order valence-electron chi connectivity index (χ2n) is 7.08. The number of sulfonamides is 1. The van der Waals surface area contributed by atoms with Gasteiger partial charge in [-0.2, -0.15) is 0 Å². The number of hydrogen-bond acceptors (Lipinski definition) is 3. The predicted molar refractivity (Wildman–Crippen MR) is 121 cm³/mol. The molecule has 0 radical (unpaired) electrons. The van der Waals surface area contributed by atoms with Crippen molar-refractivity contribution in [2.75, 3.05) is 11.3 Å². The second kappa shape index (κ2) is 9.32. The van der Waals surface area contributed by atoms with E-state index in [-0.39, 0.29) is 10.8 Å².